The molecule has 1 rings (SSSR count). The Morgan fingerprint density at radius 2 is 2.00 bits per heavy atom. The van der Waals surface area contributed by atoms with Crippen molar-refractivity contribution in [1.82, 2.24) is 0 Å². The van der Waals surface area contributed by atoms with Crippen LogP contribution in [-0.2, 0) is 0 Å². The van der Waals surface area contributed by atoms with Gasteiger partial charge in [-0.25, -0.2) is 0 Å². The Kier molecular flexibility index (Phi) is 7.29. The zero-order chi connectivity index (χ0) is 13.0. The normalized spacial score (nSPS) is 15.4. The number of hydrogen-bond acceptors (Lipinski definition) is 3. The fourth-order valence-electron chi connectivity index (χ4n) is 1.90. The Labute approximate surface area is 116 Å². The largest absolute Gasteiger partial charge is 0.496 e. The van der Waals surface area contributed by atoms with Crippen LogP contribution in [0.4, 0.5) is 0 Å². The van der Waals surface area contributed by atoms with Gasteiger partial charge < -0.3 is 15.6 Å². The lowest BCUT2D eigenvalue weighted by Gasteiger charge is -2.24. The van der Waals surface area contributed by atoms with Gasteiger partial charge in [-0.3, -0.25) is 0 Å². The Balaban J connectivity index is 0.00000289. The predicted molar refractivity (Wildman–Crippen MR) is 77.4 cm³/mol. The summed E-state index contributed by atoms with van der Waals surface area (Å²) in [7, 11) is 1.65. The summed E-state index contributed by atoms with van der Waals surface area (Å²) in [5, 5.41) is 10.1. The molecule has 0 amide bonds. The third-order valence-electron chi connectivity index (χ3n) is 3.40. The van der Waals surface area contributed by atoms with Crippen molar-refractivity contribution >= 4 is 12.4 Å². The van der Waals surface area contributed by atoms with Crippen molar-refractivity contribution in [3.63, 3.8) is 0 Å². The van der Waals surface area contributed by atoms with Crippen LogP contribution in [0, 0.1) is 12.8 Å². The zero-order valence-electron chi connectivity index (χ0n) is 11.5. The molecular formula is C14H24ClNO2. The second-order valence-electron chi connectivity index (χ2n) is 4.63. The smallest absolute Gasteiger partial charge is 0.121 e. The van der Waals surface area contributed by atoms with Crippen LogP contribution < -0.4 is 10.5 Å². The molecule has 3 atom stereocenters. The number of aliphatic hydroxyl groups is 1. The molecule has 1 unspecified atom stereocenters. The number of halogens is 1. The number of nitrogens with two attached hydrogens (primary N) is 1. The summed E-state index contributed by atoms with van der Waals surface area (Å²) >= 11 is 0. The van der Waals surface area contributed by atoms with Gasteiger partial charge in [0.25, 0.3) is 0 Å². The lowest BCUT2D eigenvalue weighted by molar-refractivity contribution is 0.0879. The lowest BCUT2D eigenvalue weighted by Crippen LogP contribution is -2.31. The minimum atomic E-state index is -0.507. The van der Waals surface area contributed by atoms with Gasteiger partial charge in [0.05, 0.1) is 19.3 Å². The maximum Gasteiger partial charge on any atom is 0.121 e. The van der Waals surface area contributed by atoms with Crippen LogP contribution in [-0.4, -0.2) is 18.3 Å². The van der Waals surface area contributed by atoms with E-state index in [1.165, 1.54) is 0 Å². The number of ether oxygens (including phenoxy) is 1. The van der Waals surface area contributed by atoms with Gasteiger partial charge in [0, 0.05) is 0 Å². The SMILES string of the molecule is CCC(C)[C@H](O)[C@H](N)c1ccc(OC)c(C)c1.Cl. The molecule has 0 aromatic heterocycles. The minimum absolute atomic E-state index is 0. The van der Waals surface area contributed by atoms with E-state index in [2.05, 4.69) is 6.92 Å². The average molecular weight is 274 g/mol. The van der Waals surface area contributed by atoms with Crippen molar-refractivity contribution in [3.05, 3.63) is 29.3 Å². The molecule has 0 aliphatic carbocycles. The number of benzene rings is 1. The van der Waals surface area contributed by atoms with Crippen LogP contribution in [0.25, 0.3) is 0 Å². The van der Waals surface area contributed by atoms with Crippen LogP contribution in [0.3, 0.4) is 0 Å². The van der Waals surface area contributed by atoms with Gasteiger partial charge in [0.1, 0.15) is 5.75 Å². The van der Waals surface area contributed by atoms with Gasteiger partial charge in [0.2, 0.25) is 0 Å². The molecule has 3 nitrogen and oxygen atoms in total. The first-order valence-electron chi connectivity index (χ1n) is 6.09. The maximum atomic E-state index is 10.1. The van der Waals surface area contributed by atoms with Crippen LogP contribution in [0.15, 0.2) is 18.2 Å². The Morgan fingerprint density at radius 1 is 1.39 bits per heavy atom. The number of aliphatic hydroxyl groups excluding tert-OH is 1. The number of rotatable bonds is 5. The number of aryl methyl sites for hydroxylation is 1. The van der Waals surface area contributed by atoms with Gasteiger partial charge in [-0.15, -0.1) is 12.4 Å². The van der Waals surface area contributed by atoms with E-state index in [0.29, 0.717) is 0 Å². The minimum Gasteiger partial charge on any atom is -0.496 e. The summed E-state index contributed by atoms with van der Waals surface area (Å²) < 4.78 is 5.21. The topological polar surface area (TPSA) is 55.5 Å². The molecule has 0 spiro atoms. The van der Waals surface area contributed by atoms with Crippen LogP contribution in [0.1, 0.15) is 37.4 Å². The van der Waals surface area contributed by atoms with Crippen LogP contribution >= 0.6 is 12.4 Å². The Morgan fingerprint density at radius 3 is 2.44 bits per heavy atom. The van der Waals surface area contributed by atoms with Gasteiger partial charge in [0.15, 0.2) is 0 Å². The second-order valence-corrected chi connectivity index (χ2v) is 4.63. The van der Waals surface area contributed by atoms with E-state index in [1.54, 1.807) is 7.11 Å². The van der Waals surface area contributed by atoms with E-state index >= 15 is 0 Å². The van der Waals surface area contributed by atoms with Gasteiger partial charge in [-0.1, -0.05) is 32.4 Å². The Bertz CT molecular complexity index is 371. The predicted octanol–water partition coefficient (Wildman–Crippen LogP) is 2.83. The first-order valence-corrected chi connectivity index (χ1v) is 6.09. The third-order valence-corrected chi connectivity index (χ3v) is 3.40. The molecule has 18 heavy (non-hydrogen) atoms. The molecule has 0 radical (unpaired) electrons. The standard InChI is InChI=1S/C14H23NO2.ClH/c1-5-9(2)14(16)13(15)11-6-7-12(17-4)10(3)8-11;/h6-9,13-14,16H,5,15H2,1-4H3;1H/t9?,13-,14+;/m1./s1. The molecule has 0 aliphatic rings. The monoisotopic (exact) mass is 273 g/mol. The molecule has 0 heterocycles. The fraction of sp³-hybridized carbons (Fsp3) is 0.571. The molecule has 1 aromatic rings. The fourth-order valence-corrected chi connectivity index (χ4v) is 1.90. The van der Waals surface area contributed by atoms with Crippen LogP contribution in [0.2, 0.25) is 0 Å². The summed E-state index contributed by atoms with van der Waals surface area (Å²) in [5.74, 6) is 1.05. The summed E-state index contributed by atoms with van der Waals surface area (Å²) in [6.45, 7) is 6.05. The summed E-state index contributed by atoms with van der Waals surface area (Å²) in [6.07, 6.45) is 0.414. The molecule has 0 fully saturated rings. The van der Waals surface area contributed by atoms with E-state index in [9.17, 15) is 5.11 Å². The van der Waals surface area contributed by atoms with Crippen molar-refractivity contribution in [1.29, 1.82) is 0 Å². The first-order chi connectivity index (χ1) is 8.01. The molecular weight excluding hydrogens is 250 g/mol. The maximum absolute atomic E-state index is 10.1. The molecule has 1 aromatic carbocycles. The van der Waals surface area contributed by atoms with E-state index in [0.717, 1.165) is 23.3 Å². The molecule has 3 N–H and O–H groups in total. The molecule has 0 saturated carbocycles. The average Bonchev–Trinajstić information content (AvgIpc) is 2.35. The van der Waals surface area contributed by atoms with Gasteiger partial charge in [-0.2, -0.15) is 0 Å². The highest BCUT2D eigenvalue weighted by molar-refractivity contribution is 5.85. The van der Waals surface area contributed by atoms with Crippen molar-refractivity contribution < 1.29 is 9.84 Å². The number of methoxy groups -OCH3 is 1. The van der Waals surface area contributed by atoms with E-state index in [-0.39, 0.29) is 24.4 Å². The van der Waals surface area contributed by atoms with Gasteiger partial charge >= 0.3 is 0 Å². The van der Waals surface area contributed by atoms with Crippen molar-refractivity contribution in [2.75, 3.05) is 7.11 Å². The highest BCUT2D eigenvalue weighted by Gasteiger charge is 2.22. The van der Waals surface area contributed by atoms with E-state index < -0.39 is 6.10 Å². The molecule has 4 heteroatoms. The van der Waals surface area contributed by atoms with Gasteiger partial charge in [-0.05, 0) is 30.0 Å². The highest BCUT2D eigenvalue weighted by atomic mass is 35.5. The molecule has 0 aliphatic heterocycles. The van der Waals surface area contributed by atoms with Crippen molar-refractivity contribution in [2.45, 2.75) is 39.3 Å². The first kappa shape index (κ1) is 17.2. The second kappa shape index (κ2) is 7.62. The molecule has 104 valence electrons. The lowest BCUT2D eigenvalue weighted by atomic mass is 9.91. The van der Waals surface area contributed by atoms with Crippen molar-refractivity contribution in [2.24, 2.45) is 11.7 Å². The summed E-state index contributed by atoms with van der Waals surface area (Å²) in [4.78, 5) is 0. The molecule has 0 bridgehead atoms. The number of hydrogen-bond donors (Lipinski definition) is 2. The van der Waals surface area contributed by atoms with Crippen LogP contribution in [0.5, 0.6) is 5.75 Å². The Hall–Kier alpha value is -0.770. The molecule has 0 saturated heterocycles. The highest BCUT2D eigenvalue weighted by Crippen LogP contribution is 2.26. The quantitative estimate of drug-likeness (QED) is 0.867. The zero-order valence-corrected chi connectivity index (χ0v) is 12.3. The summed E-state index contributed by atoms with van der Waals surface area (Å²) in [6, 6.07) is 5.46. The van der Waals surface area contributed by atoms with E-state index in [4.69, 9.17) is 10.5 Å². The van der Waals surface area contributed by atoms with E-state index in [1.807, 2.05) is 32.0 Å². The third kappa shape index (κ3) is 3.87. The van der Waals surface area contributed by atoms with Crippen molar-refractivity contribution in [3.8, 4) is 5.75 Å². The summed E-state index contributed by atoms with van der Waals surface area (Å²) in [5.41, 5.74) is 8.08.